The Labute approximate surface area is 147 Å². The average Bonchev–Trinajstić information content (AvgIpc) is 3.12. The highest BCUT2D eigenvalue weighted by molar-refractivity contribution is 5.93. The Morgan fingerprint density at radius 3 is 2.88 bits per heavy atom. The van der Waals surface area contributed by atoms with Crippen molar-refractivity contribution < 1.29 is 14.6 Å². The van der Waals surface area contributed by atoms with E-state index in [0.717, 1.165) is 31.2 Å². The summed E-state index contributed by atoms with van der Waals surface area (Å²) in [7, 11) is 3.38. The van der Waals surface area contributed by atoms with Crippen molar-refractivity contribution >= 4 is 5.91 Å². The fraction of sp³-hybridized carbons (Fsp3) is 0.474. The minimum atomic E-state index is -0.310. The van der Waals surface area contributed by atoms with E-state index in [-0.39, 0.29) is 17.9 Å². The zero-order valence-electron chi connectivity index (χ0n) is 14.7. The number of nitrogens with zero attached hydrogens (tertiary/aromatic N) is 2. The highest BCUT2D eigenvalue weighted by Crippen LogP contribution is 2.29. The molecule has 0 spiro atoms. The lowest BCUT2D eigenvalue weighted by Gasteiger charge is -2.31. The summed E-state index contributed by atoms with van der Waals surface area (Å²) in [6.07, 6.45) is 3.67. The van der Waals surface area contributed by atoms with Crippen molar-refractivity contribution in [2.24, 2.45) is 5.92 Å². The van der Waals surface area contributed by atoms with Gasteiger partial charge < -0.3 is 14.7 Å². The molecular weight excluding hydrogens is 318 g/mol. The molecule has 2 aromatic rings. The zero-order valence-corrected chi connectivity index (χ0v) is 14.7. The molecule has 0 radical (unpaired) electrons. The number of methoxy groups -OCH3 is 1. The van der Waals surface area contributed by atoms with Gasteiger partial charge in [0.1, 0.15) is 11.4 Å². The molecule has 6 heteroatoms. The maximum absolute atomic E-state index is 12.7. The number of H-pyrrole nitrogens is 1. The Balaban J connectivity index is 1.71. The van der Waals surface area contributed by atoms with Gasteiger partial charge in [-0.2, -0.15) is 5.10 Å². The van der Waals surface area contributed by atoms with Gasteiger partial charge >= 0.3 is 0 Å². The Bertz CT molecular complexity index is 728. The smallest absolute Gasteiger partial charge is 0.271 e. The summed E-state index contributed by atoms with van der Waals surface area (Å²) < 4.78 is 5.35. The van der Waals surface area contributed by atoms with Crippen LogP contribution in [0.2, 0.25) is 0 Å². The number of benzene rings is 1. The van der Waals surface area contributed by atoms with E-state index in [1.54, 1.807) is 25.1 Å². The van der Waals surface area contributed by atoms with Crippen molar-refractivity contribution in [2.45, 2.75) is 31.8 Å². The number of carbonyl (C=O) groups is 1. The van der Waals surface area contributed by atoms with Crippen molar-refractivity contribution in [1.82, 2.24) is 15.1 Å². The van der Waals surface area contributed by atoms with Crippen molar-refractivity contribution in [3.05, 3.63) is 36.0 Å². The van der Waals surface area contributed by atoms with Gasteiger partial charge in [-0.25, -0.2) is 0 Å². The van der Waals surface area contributed by atoms with E-state index in [2.05, 4.69) is 10.2 Å². The first-order valence-corrected chi connectivity index (χ1v) is 8.72. The van der Waals surface area contributed by atoms with E-state index >= 15 is 0 Å². The van der Waals surface area contributed by atoms with Gasteiger partial charge in [-0.3, -0.25) is 9.89 Å². The van der Waals surface area contributed by atoms with E-state index in [1.807, 2.05) is 24.3 Å². The maximum Gasteiger partial charge on any atom is 0.271 e. The Morgan fingerprint density at radius 2 is 2.12 bits per heavy atom. The molecule has 0 bridgehead atoms. The van der Waals surface area contributed by atoms with Crippen molar-refractivity contribution in [2.75, 3.05) is 20.7 Å². The molecule has 1 amide bonds. The fourth-order valence-corrected chi connectivity index (χ4v) is 3.47. The number of aliphatic hydroxyl groups excluding tert-OH is 1. The number of aromatic nitrogens is 2. The largest absolute Gasteiger partial charge is 0.496 e. The molecule has 1 aliphatic carbocycles. The van der Waals surface area contributed by atoms with Gasteiger partial charge in [0.2, 0.25) is 0 Å². The van der Waals surface area contributed by atoms with E-state index in [0.29, 0.717) is 23.7 Å². The average molecular weight is 343 g/mol. The second-order valence-corrected chi connectivity index (χ2v) is 6.66. The molecule has 0 aliphatic heterocycles. The number of carbonyl (C=O) groups excluding carboxylic acids is 1. The predicted molar refractivity (Wildman–Crippen MR) is 95.5 cm³/mol. The fourth-order valence-electron chi connectivity index (χ4n) is 3.47. The molecule has 0 saturated heterocycles. The maximum atomic E-state index is 12.7. The lowest BCUT2D eigenvalue weighted by molar-refractivity contribution is 0.0448. The number of amides is 1. The molecule has 1 saturated carbocycles. The summed E-state index contributed by atoms with van der Waals surface area (Å²) >= 11 is 0. The number of aliphatic hydroxyl groups is 1. The van der Waals surface area contributed by atoms with Gasteiger partial charge in [0.15, 0.2) is 0 Å². The summed E-state index contributed by atoms with van der Waals surface area (Å²) in [5.74, 6) is 0.748. The second-order valence-electron chi connectivity index (χ2n) is 6.66. The Morgan fingerprint density at radius 1 is 1.36 bits per heavy atom. The van der Waals surface area contributed by atoms with Crippen LogP contribution >= 0.6 is 0 Å². The van der Waals surface area contributed by atoms with Crippen LogP contribution in [0, 0.1) is 5.92 Å². The van der Waals surface area contributed by atoms with Crippen LogP contribution in [0.25, 0.3) is 11.3 Å². The molecule has 2 N–H and O–H groups in total. The van der Waals surface area contributed by atoms with Gasteiger partial charge in [-0.1, -0.05) is 25.0 Å². The van der Waals surface area contributed by atoms with Gasteiger partial charge in [0.25, 0.3) is 5.91 Å². The highest BCUT2D eigenvalue weighted by atomic mass is 16.5. The lowest BCUT2D eigenvalue weighted by Crippen LogP contribution is -2.38. The molecule has 1 aliphatic rings. The molecule has 1 heterocycles. The van der Waals surface area contributed by atoms with Gasteiger partial charge in [0, 0.05) is 25.1 Å². The molecule has 6 nitrogen and oxygen atoms in total. The number of rotatable bonds is 5. The van der Waals surface area contributed by atoms with E-state index in [1.165, 1.54) is 0 Å². The molecule has 134 valence electrons. The summed E-state index contributed by atoms with van der Waals surface area (Å²) in [5.41, 5.74) is 1.95. The SMILES string of the molecule is COc1ccccc1-c1cc(C(=O)N(C)CC2CCCCC2O)[nH]n1. The number of hydrogen-bond donors (Lipinski definition) is 2. The quantitative estimate of drug-likeness (QED) is 0.875. The monoisotopic (exact) mass is 343 g/mol. The van der Waals surface area contributed by atoms with E-state index in [4.69, 9.17) is 4.74 Å². The first kappa shape index (κ1) is 17.5. The van der Waals surface area contributed by atoms with Crippen LogP contribution in [0.4, 0.5) is 0 Å². The molecule has 1 fully saturated rings. The van der Waals surface area contributed by atoms with Gasteiger partial charge in [-0.15, -0.1) is 0 Å². The molecule has 1 aromatic heterocycles. The topological polar surface area (TPSA) is 78.5 Å². The van der Waals surface area contributed by atoms with E-state index in [9.17, 15) is 9.90 Å². The number of ether oxygens (including phenoxy) is 1. The number of para-hydroxylation sites is 1. The third-order valence-corrected chi connectivity index (χ3v) is 4.92. The zero-order chi connectivity index (χ0) is 17.8. The minimum absolute atomic E-state index is 0.119. The normalized spacial score (nSPS) is 20.3. The number of nitrogens with one attached hydrogen (secondary N) is 1. The van der Waals surface area contributed by atoms with Gasteiger partial charge in [0.05, 0.1) is 18.9 Å². The third kappa shape index (κ3) is 3.85. The molecule has 2 unspecified atom stereocenters. The highest BCUT2D eigenvalue weighted by Gasteiger charge is 2.26. The van der Waals surface area contributed by atoms with Crippen LogP contribution < -0.4 is 4.74 Å². The molecule has 3 rings (SSSR count). The van der Waals surface area contributed by atoms with E-state index < -0.39 is 0 Å². The molecular formula is C19H25N3O3. The summed E-state index contributed by atoms with van der Waals surface area (Å²) in [6, 6.07) is 9.32. The Hall–Kier alpha value is -2.34. The number of hydrogen-bond acceptors (Lipinski definition) is 4. The lowest BCUT2D eigenvalue weighted by atomic mass is 9.86. The number of aromatic amines is 1. The van der Waals surface area contributed by atoms with Crippen LogP contribution in [0.15, 0.2) is 30.3 Å². The van der Waals surface area contributed by atoms with Crippen LogP contribution in [0.3, 0.4) is 0 Å². The molecule has 2 atom stereocenters. The first-order chi connectivity index (χ1) is 12.1. The summed E-state index contributed by atoms with van der Waals surface area (Å²) in [6.45, 7) is 0.559. The minimum Gasteiger partial charge on any atom is -0.496 e. The van der Waals surface area contributed by atoms with Crippen LogP contribution in [-0.2, 0) is 0 Å². The van der Waals surface area contributed by atoms with Crippen molar-refractivity contribution in [3.8, 4) is 17.0 Å². The third-order valence-electron chi connectivity index (χ3n) is 4.92. The van der Waals surface area contributed by atoms with Crippen molar-refractivity contribution in [1.29, 1.82) is 0 Å². The van der Waals surface area contributed by atoms with Crippen molar-refractivity contribution in [3.63, 3.8) is 0 Å². The van der Waals surface area contributed by atoms with Gasteiger partial charge in [-0.05, 0) is 31.0 Å². The summed E-state index contributed by atoms with van der Waals surface area (Å²) in [5, 5.41) is 17.2. The molecule has 1 aromatic carbocycles. The Kier molecular flexibility index (Phi) is 5.38. The second kappa shape index (κ2) is 7.70. The van der Waals surface area contributed by atoms with Crippen LogP contribution in [0.5, 0.6) is 5.75 Å². The van der Waals surface area contributed by atoms with Crippen LogP contribution in [0.1, 0.15) is 36.2 Å². The predicted octanol–water partition coefficient (Wildman–Crippen LogP) is 2.71. The summed E-state index contributed by atoms with van der Waals surface area (Å²) in [4.78, 5) is 14.3. The first-order valence-electron chi connectivity index (χ1n) is 8.72. The van der Waals surface area contributed by atoms with Crippen LogP contribution in [-0.4, -0.2) is 52.9 Å². The standard InChI is InChI=1S/C19H25N3O3/c1-22(12-13-7-3-5-9-17(13)23)19(24)16-11-15(20-21-16)14-8-4-6-10-18(14)25-2/h4,6,8,10-11,13,17,23H,3,5,7,9,12H2,1-2H3,(H,20,21). The molecule has 25 heavy (non-hydrogen) atoms.